The van der Waals surface area contributed by atoms with E-state index in [1.54, 1.807) is 0 Å². The van der Waals surface area contributed by atoms with Crippen molar-refractivity contribution < 1.29 is 14.3 Å². The molecule has 2 aliphatic heterocycles. The zero-order valence-corrected chi connectivity index (χ0v) is 14.0. The molecule has 0 bridgehead atoms. The molecule has 2 heterocycles. The normalized spacial score (nSPS) is 31.6. The number of carbonyl (C=O) groups is 1. The van der Waals surface area contributed by atoms with Gasteiger partial charge >= 0.3 is 0 Å². The van der Waals surface area contributed by atoms with Crippen LogP contribution in [0.4, 0.5) is 0 Å². The minimum Gasteiger partial charge on any atom is -0.347 e. The van der Waals surface area contributed by atoms with Crippen molar-refractivity contribution >= 4 is 5.91 Å². The van der Waals surface area contributed by atoms with Gasteiger partial charge < -0.3 is 14.4 Å². The van der Waals surface area contributed by atoms with Crippen LogP contribution in [0.2, 0.25) is 0 Å². The highest BCUT2D eigenvalue weighted by Crippen LogP contribution is 2.35. The fourth-order valence-electron chi connectivity index (χ4n) is 4.30. The first-order valence-electron chi connectivity index (χ1n) is 9.29. The van der Waals surface area contributed by atoms with Crippen LogP contribution in [0, 0.1) is 11.8 Å². The number of unbranched alkanes of at least 4 members (excludes halogenated alkanes) is 1. The Balaban J connectivity index is 1.43. The van der Waals surface area contributed by atoms with Gasteiger partial charge in [0.05, 0.1) is 13.2 Å². The molecular formula is C18H31NO3. The van der Waals surface area contributed by atoms with Crippen LogP contribution in [0.1, 0.15) is 64.7 Å². The maximum atomic E-state index is 12.7. The van der Waals surface area contributed by atoms with Gasteiger partial charge in [0.15, 0.2) is 5.79 Å². The van der Waals surface area contributed by atoms with Gasteiger partial charge in [-0.25, -0.2) is 0 Å². The summed E-state index contributed by atoms with van der Waals surface area (Å²) in [5, 5.41) is 0. The second-order valence-corrected chi connectivity index (χ2v) is 7.29. The Morgan fingerprint density at radius 2 is 1.73 bits per heavy atom. The van der Waals surface area contributed by atoms with Crippen molar-refractivity contribution in [3.8, 4) is 0 Å². The molecule has 3 rings (SSSR count). The predicted molar refractivity (Wildman–Crippen MR) is 85.4 cm³/mol. The molecule has 0 atom stereocenters. The third-order valence-corrected chi connectivity index (χ3v) is 5.81. The lowest BCUT2D eigenvalue weighted by Crippen LogP contribution is -2.49. The van der Waals surface area contributed by atoms with Crippen LogP contribution in [0.15, 0.2) is 0 Å². The van der Waals surface area contributed by atoms with Gasteiger partial charge in [-0.1, -0.05) is 26.2 Å². The highest BCUT2D eigenvalue weighted by Gasteiger charge is 2.41. The van der Waals surface area contributed by atoms with E-state index in [-0.39, 0.29) is 11.7 Å². The molecule has 3 fully saturated rings. The van der Waals surface area contributed by atoms with E-state index in [2.05, 4.69) is 11.8 Å². The molecule has 0 aromatic heterocycles. The molecule has 0 aromatic rings. The number of amides is 1. The monoisotopic (exact) mass is 309 g/mol. The number of hydrogen-bond acceptors (Lipinski definition) is 3. The SMILES string of the molecule is CCCCC1CCC(C(=O)N2CCC3(CC2)OCCO3)CC1. The molecule has 2 saturated heterocycles. The Morgan fingerprint density at radius 1 is 1.09 bits per heavy atom. The molecule has 0 radical (unpaired) electrons. The van der Waals surface area contributed by atoms with Gasteiger partial charge in [0, 0.05) is 31.8 Å². The van der Waals surface area contributed by atoms with Gasteiger partial charge in [-0.2, -0.15) is 0 Å². The van der Waals surface area contributed by atoms with Gasteiger partial charge in [-0.05, 0) is 31.6 Å². The zero-order valence-electron chi connectivity index (χ0n) is 14.0. The molecule has 0 unspecified atom stereocenters. The van der Waals surface area contributed by atoms with Gasteiger partial charge in [0.25, 0.3) is 0 Å². The van der Waals surface area contributed by atoms with E-state index < -0.39 is 0 Å². The summed E-state index contributed by atoms with van der Waals surface area (Å²) in [6.07, 6.45) is 10.4. The fourth-order valence-corrected chi connectivity index (χ4v) is 4.30. The van der Waals surface area contributed by atoms with E-state index in [0.29, 0.717) is 19.1 Å². The standard InChI is InChI=1S/C18H31NO3/c1-2-3-4-15-5-7-16(8-6-15)17(20)19-11-9-18(10-12-19)21-13-14-22-18/h15-16H,2-14H2,1H3. The topological polar surface area (TPSA) is 38.8 Å². The molecule has 22 heavy (non-hydrogen) atoms. The first-order valence-corrected chi connectivity index (χ1v) is 9.29. The fraction of sp³-hybridized carbons (Fsp3) is 0.944. The molecule has 0 N–H and O–H groups in total. The molecular weight excluding hydrogens is 278 g/mol. The Bertz CT molecular complexity index is 361. The predicted octanol–water partition coefficient (Wildman–Crippen LogP) is 3.35. The minimum atomic E-state index is -0.366. The van der Waals surface area contributed by atoms with Crippen molar-refractivity contribution in [1.82, 2.24) is 4.90 Å². The molecule has 4 heteroatoms. The lowest BCUT2D eigenvalue weighted by Gasteiger charge is -2.39. The molecule has 1 saturated carbocycles. The molecule has 1 amide bonds. The van der Waals surface area contributed by atoms with E-state index in [1.807, 2.05) is 0 Å². The van der Waals surface area contributed by atoms with Crippen molar-refractivity contribution in [3.63, 3.8) is 0 Å². The van der Waals surface area contributed by atoms with Crippen molar-refractivity contribution in [2.45, 2.75) is 70.5 Å². The largest absolute Gasteiger partial charge is 0.347 e. The number of hydrogen-bond donors (Lipinski definition) is 0. The number of ether oxygens (including phenoxy) is 2. The van der Waals surface area contributed by atoms with Crippen LogP contribution in [-0.4, -0.2) is 42.9 Å². The Hall–Kier alpha value is -0.610. The number of likely N-dealkylation sites (tertiary alicyclic amines) is 1. The van der Waals surface area contributed by atoms with E-state index in [9.17, 15) is 4.79 Å². The maximum absolute atomic E-state index is 12.7. The van der Waals surface area contributed by atoms with Crippen LogP contribution >= 0.6 is 0 Å². The van der Waals surface area contributed by atoms with Gasteiger partial charge in [0.1, 0.15) is 0 Å². The minimum absolute atomic E-state index is 0.275. The molecule has 4 nitrogen and oxygen atoms in total. The average Bonchev–Trinajstić information content (AvgIpc) is 3.02. The highest BCUT2D eigenvalue weighted by molar-refractivity contribution is 5.79. The third kappa shape index (κ3) is 3.65. The Labute approximate surface area is 134 Å². The summed E-state index contributed by atoms with van der Waals surface area (Å²) in [5.41, 5.74) is 0. The van der Waals surface area contributed by atoms with Crippen LogP contribution in [0.25, 0.3) is 0 Å². The Kier molecular flexibility index (Phi) is 5.40. The van der Waals surface area contributed by atoms with Crippen LogP contribution in [0.3, 0.4) is 0 Å². The maximum Gasteiger partial charge on any atom is 0.225 e. The van der Waals surface area contributed by atoms with E-state index >= 15 is 0 Å². The second-order valence-electron chi connectivity index (χ2n) is 7.29. The zero-order chi connectivity index (χ0) is 15.4. The summed E-state index contributed by atoms with van der Waals surface area (Å²) in [6.45, 7) is 5.27. The second kappa shape index (κ2) is 7.31. The molecule has 1 aliphatic carbocycles. The van der Waals surface area contributed by atoms with Gasteiger partial charge in [-0.15, -0.1) is 0 Å². The van der Waals surface area contributed by atoms with Crippen LogP contribution in [-0.2, 0) is 14.3 Å². The summed E-state index contributed by atoms with van der Waals surface area (Å²) in [5.74, 6) is 1.17. The third-order valence-electron chi connectivity index (χ3n) is 5.81. The van der Waals surface area contributed by atoms with Gasteiger partial charge in [-0.3, -0.25) is 4.79 Å². The van der Waals surface area contributed by atoms with E-state index in [0.717, 1.165) is 44.7 Å². The molecule has 0 aromatic carbocycles. The summed E-state index contributed by atoms with van der Waals surface area (Å²) in [4.78, 5) is 14.8. The van der Waals surface area contributed by atoms with Crippen molar-refractivity contribution in [2.24, 2.45) is 11.8 Å². The first kappa shape index (κ1) is 16.3. The molecule has 126 valence electrons. The highest BCUT2D eigenvalue weighted by atomic mass is 16.7. The summed E-state index contributed by atoms with van der Waals surface area (Å²) in [7, 11) is 0. The van der Waals surface area contributed by atoms with Crippen molar-refractivity contribution in [1.29, 1.82) is 0 Å². The number of rotatable bonds is 4. The van der Waals surface area contributed by atoms with Crippen molar-refractivity contribution in [2.75, 3.05) is 26.3 Å². The van der Waals surface area contributed by atoms with Crippen LogP contribution < -0.4 is 0 Å². The average molecular weight is 309 g/mol. The number of carbonyl (C=O) groups excluding carboxylic acids is 1. The first-order chi connectivity index (χ1) is 10.7. The lowest BCUT2D eigenvalue weighted by atomic mass is 9.79. The van der Waals surface area contributed by atoms with Crippen molar-refractivity contribution in [3.05, 3.63) is 0 Å². The number of nitrogens with zero attached hydrogens (tertiary/aromatic N) is 1. The summed E-state index contributed by atoms with van der Waals surface area (Å²) < 4.78 is 11.5. The summed E-state index contributed by atoms with van der Waals surface area (Å²) in [6, 6.07) is 0. The van der Waals surface area contributed by atoms with Crippen LogP contribution in [0.5, 0.6) is 0 Å². The molecule has 3 aliphatic rings. The molecule has 1 spiro atoms. The van der Waals surface area contributed by atoms with E-state index in [4.69, 9.17) is 9.47 Å². The quantitative estimate of drug-likeness (QED) is 0.799. The Morgan fingerprint density at radius 3 is 2.32 bits per heavy atom. The summed E-state index contributed by atoms with van der Waals surface area (Å²) >= 11 is 0. The smallest absolute Gasteiger partial charge is 0.225 e. The lowest BCUT2D eigenvalue weighted by molar-refractivity contribution is -0.188. The van der Waals surface area contributed by atoms with E-state index in [1.165, 1.54) is 32.1 Å². The number of piperidine rings is 1. The van der Waals surface area contributed by atoms with Gasteiger partial charge in [0.2, 0.25) is 5.91 Å².